The molecule has 2 N–H and O–H groups in total. The minimum absolute atomic E-state index is 0.0416. The molecular formula is C22H26N2O4. The molecule has 0 aliphatic carbocycles. The fourth-order valence-corrected chi connectivity index (χ4v) is 3.51. The number of hydrogen-bond donors (Lipinski definition) is 2. The Kier molecular flexibility index (Phi) is 6.31. The summed E-state index contributed by atoms with van der Waals surface area (Å²) in [5, 5.41) is 5.65. The molecule has 1 aliphatic rings. The predicted molar refractivity (Wildman–Crippen MR) is 108 cm³/mol. The summed E-state index contributed by atoms with van der Waals surface area (Å²) in [5.74, 6) is 0.676. The number of nitrogens with one attached hydrogen (secondary N) is 2. The van der Waals surface area contributed by atoms with Crippen molar-refractivity contribution in [1.82, 2.24) is 5.32 Å². The average Bonchev–Trinajstić information content (AvgIpc) is 2.75. The van der Waals surface area contributed by atoms with E-state index in [2.05, 4.69) is 10.6 Å². The fraction of sp³-hybridized carbons (Fsp3) is 0.364. The SMILES string of the molecule is CNC(=O)Cc1ccc(NC(=O)C2(c3ccc(OC)cc3)CCOCC2)cc1. The Bertz CT molecular complexity index is 809. The molecule has 0 spiro atoms. The Balaban J connectivity index is 1.79. The summed E-state index contributed by atoms with van der Waals surface area (Å²) in [4.78, 5) is 24.8. The zero-order valence-electron chi connectivity index (χ0n) is 16.3. The Morgan fingerprint density at radius 1 is 1.04 bits per heavy atom. The molecule has 1 aliphatic heterocycles. The molecule has 0 atom stereocenters. The normalized spacial score (nSPS) is 15.5. The number of anilines is 1. The third-order valence-electron chi connectivity index (χ3n) is 5.28. The minimum Gasteiger partial charge on any atom is -0.497 e. The average molecular weight is 382 g/mol. The van der Waals surface area contributed by atoms with Crippen LogP contribution in [0.1, 0.15) is 24.0 Å². The van der Waals surface area contributed by atoms with Gasteiger partial charge in [-0.25, -0.2) is 0 Å². The van der Waals surface area contributed by atoms with Crippen LogP contribution in [0.3, 0.4) is 0 Å². The first-order chi connectivity index (χ1) is 13.6. The second-order valence-corrected chi connectivity index (χ2v) is 6.92. The molecular weight excluding hydrogens is 356 g/mol. The summed E-state index contributed by atoms with van der Waals surface area (Å²) >= 11 is 0. The summed E-state index contributed by atoms with van der Waals surface area (Å²) < 4.78 is 10.8. The number of benzene rings is 2. The third-order valence-corrected chi connectivity index (χ3v) is 5.28. The molecule has 6 heteroatoms. The van der Waals surface area contributed by atoms with Gasteiger partial charge in [0.25, 0.3) is 0 Å². The minimum atomic E-state index is -0.634. The third kappa shape index (κ3) is 4.34. The van der Waals surface area contributed by atoms with Gasteiger partial charge in [0.2, 0.25) is 11.8 Å². The molecule has 2 amide bonds. The number of rotatable bonds is 6. The van der Waals surface area contributed by atoms with E-state index < -0.39 is 5.41 Å². The van der Waals surface area contributed by atoms with Crippen LogP contribution in [-0.2, 0) is 26.2 Å². The van der Waals surface area contributed by atoms with Crippen LogP contribution in [0.15, 0.2) is 48.5 Å². The molecule has 148 valence electrons. The maximum absolute atomic E-state index is 13.3. The van der Waals surface area contributed by atoms with E-state index in [0.717, 1.165) is 16.9 Å². The van der Waals surface area contributed by atoms with E-state index in [4.69, 9.17) is 9.47 Å². The molecule has 28 heavy (non-hydrogen) atoms. The van der Waals surface area contributed by atoms with Crippen molar-refractivity contribution in [2.75, 3.05) is 32.7 Å². The number of carbonyl (C=O) groups excluding carboxylic acids is 2. The number of amides is 2. The van der Waals surface area contributed by atoms with Crippen molar-refractivity contribution in [2.45, 2.75) is 24.7 Å². The van der Waals surface area contributed by atoms with Crippen molar-refractivity contribution < 1.29 is 19.1 Å². The van der Waals surface area contributed by atoms with E-state index in [0.29, 0.717) is 38.2 Å². The van der Waals surface area contributed by atoms with E-state index in [1.54, 1.807) is 14.2 Å². The highest BCUT2D eigenvalue weighted by Gasteiger charge is 2.41. The van der Waals surface area contributed by atoms with Gasteiger partial charge < -0.3 is 20.1 Å². The van der Waals surface area contributed by atoms with Crippen molar-refractivity contribution in [2.24, 2.45) is 0 Å². The quantitative estimate of drug-likeness (QED) is 0.805. The summed E-state index contributed by atoms with van der Waals surface area (Å²) in [6.07, 6.45) is 1.57. The van der Waals surface area contributed by atoms with Gasteiger partial charge in [-0.15, -0.1) is 0 Å². The molecule has 2 aromatic rings. The summed E-state index contributed by atoms with van der Waals surface area (Å²) in [5.41, 5.74) is 1.94. The lowest BCUT2D eigenvalue weighted by atomic mass is 9.73. The lowest BCUT2D eigenvalue weighted by Gasteiger charge is -2.36. The molecule has 0 bridgehead atoms. The Morgan fingerprint density at radius 3 is 2.25 bits per heavy atom. The number of carbonyl (C=O) groups is 2. The van der Waals surface area contributed by atoms with Crippen LogP contribution in [0.4, 0.5) is 5.69 Å². The number of ether oxygens (including phenoxy) is 2. The second-order valence-electron chi connectivity index (χ2n) is 6.92. The van der Waals surface area contributed by atoms with Gasteiger partial charge in [-0.3, -0.25) is 9.59 Å². The molecule has 0 unspecified atom stereocenters. The molecule has 1 saturated heterocycles. The Hall–Kier alpha value is -2.86. The van der Waals surface area contributed by atoms with Gasteiger partial charge >= 0.3 is 0 Å². The molecule has 1 fully saturated rings. The van der Waals surface area contributed by atoms with Crippen molar-refractivity contribution in [1.29, 1.82) is 0 Å². The van der Waals surface area contributed by atoms with Crippen LogP contribution in [-0.4, -0.2) is 39.2 Å². The lowest BCUT2D eigenvalue weighted by Crippen LogP contribution is -2.44. The first-order valence-electron chi connectivity index (χ1n) is 9.40. The van der Waals surface area contributed by atoms with Crippen LogP contribution in [0.2, 0.25) is 0 Å². The van der Waals surface area contributed by atoms with E-state index in [9.17, 15) is 9.59 Å². The van der Waals surface area contributed by atoms with E-state index in [1.165, 1.54) is 0 Å². The zero-order chi connectivity index (χ0) is 20.0. The van der Waals surface area contributed by atoms with Crippen LogP contribution in [0.25, 0.3) is 0 Å². The van der Waals surface area contributed by atoms with Crippen LogP contribution in [0.5, 0.6) is 5.75 Å². The molecule has 0 saturated carbocycles. The molecule has 1 heterocycles. The Morgan fingerprint density at radius 2 is 1.68 bits per heavy atom. The van der Waals surface area contributed by atoms with Gasteiger partial charge in [0.05, 0.1) is 18.9 Å². The van der Waals surface area contributed by atoms with Crippen molar-refractivity contribution in [3.8, 4) is 5.75 Å². The summed E-state index contributed by atoms with van der Waals surface area (Å²) in [7, 11) is 3.24. The van der Waals surface area contributed by atoms with Crippen molar-refractivity contribution >= 4 is 17.5 Å². The number of likely N-dealkylation sites (N-methyl/N-ethyl adjacent to an activating group) is 1. The Labute approximate surface area is 165 Å². The van der Waals surface area contributed by atoms with Gasteiger partial charge in [-0.05, 0) is 48.2 Å². The molecule has 2 aromatic carbocycles. The summed E-state index contributed by atoms with van der Waals surface area (Å²) in [6.45, 7) is 1.09. The van der Waals surface area contributed by atoms with Crippen LogP contribution >= 0.6 is 0 Å². The maximum Gasteiger partial charge on any atom is 0.235 e. The summed E-state index contributed by atoms with van der Waals surface area (Å²) in [6, 6.07) is 15.0. The highest BCUT2D eigenvalue weighted by Crippen LogP contribution is 2.37. The first-order valence-corrected chi connectivity index (χ1v) is 9.40. The molecule has 3 rings (SSSR count). The highest BCUT2D eigenvalue weighted by molar-refractivity contribution is 5.99. The van der Waals surface area contributed by atoms with Crippen LogP contribution in [0, 0.1) is 0 Å². The molecule has 0 radical (unpaired) electrons. The van der Waals surface area contributed by atoms with Gasteiger partial charge in [-0.1, -0.05) is 24.3 Å². The second kappa shape index (κ2) is 8.89. The fourth-order valence-electron chi connectivity index (χ4n) is 3.51. The van der Waals surface area contributed by atoms with Crippen molar-refractivity contribution in [3.63, 3.8) is 0 Å². The van der Waals surface area contributed by atoms with Gasteiger partial charge in [0.15, 0.2) is 0 Å². The van der Waals surface area contributed by atoms with Gasteiger partial charge in [-0.2, -0.15) is 0 Å². The molecule has 0 aromatic heterocycles. The maximum atomic E-state index is 13.3. The zero-order valence-corrected chi connectivity index (χ0v) is 16.3. The monoisotopic (exact) mass is 382 g/mol. The van der Waals surface area contributed by atoms with E-state index >= 15 is 0 Å². The lowest BCUT2D eigenvalue weighted by molar-refractivity contribution is -0.125. The topological polar surface area (TPSA) is 76.7 Å². The smallest absolute Gasteiger partial charge is 0.235 e. The number of hydrogen-bond acceptors (Lipinski definition) is 4. The first kappa shape index (κ1) is 19.9. The van der Waals surface area contributed by atoms with E-state index in [-0.39, 0.29) is 11.8 Å². The van der Waals surface area contributed by atoms with Crippen LogP contribution < -0.4 is 15.4 Å². The number of methoxy groups -OCH3 is 1. The van der Waals surface area contributed by atoms with Gasteiger partial charge in [0.1, 0.15) is 5.75 Å². The highest BCUT2D eigenvalue weighted by atomic mass is 16.5. The largest absolute Gasteiger partial charge is 0.497 e. The van der Waals surface area contributed by atoms with Crippen molar-refractivity contribution in [3.05, 3.63) is 59.7 Å². The van der Waals surface area contributed by atoms with E-state index in [1.807, 2.05) is 48.5 Å². The van der Waals surface area contributed by atoms with Gasteiger partial charge in [0, 0.05) is 25.9 Å². The standard InChI is InChI=1S/C22H26N2O4/c1-23-20(25)15-16-3-7-18(8-4-16)24-21(26)22(11-13-28-14-12-22)17-5-9-19(27-2)10-6-17/h3-10H,11-15H2,1-2H3,(H,23,25)(H,24,26). The predicted octanol–water partition coefficient (Wildman–Crippen LogP) is 2.67. The molecule has 6 nitrogen and oxygen atoms in total.